The van der Waals surface area contributed by atoms with Crippen LogP contribution in [0, 0.1) is 0 Å². The fourth-order valence-electron chi connectivity index (χ4n) is 5.01. The van der Waals surface area contributed by atoms with Gasteiger partial charge in [0.2, 0.25) is 0 Å². The van der Waals surface area contributed by atoms with Gasteiger partial charge in [0.15, 0.2) is 25.7 Å². The zero-order valence-electron chi connectivity index (χ0n) is 19.2. The molecule has 0 saturated heterocycles. The van der Waals surface area contributed by atoms with Gasteiger partial charge in [-0.1, -0.05) is 0 Å². The fourth-order valence-corrected chi connectivity index (χ4v) is 5.01. The van der Waals surface area contributed by atoms with Crippen LogP contribution in [0.5, 0.6) is 0 Å². The average Bonchev–Trinajstić information content (AvgIpc) is 3.42. The van der Waals surface area contributed by atoms with Gasteiger partial charge in [-0.15, -0.1) is 9.13 Å². The number of hydrogen-bond donors (Lipinski definition) is 0. The van der Waals surface area contributed by atoms with Gasteiger partial charge in [-0.3, -0.25) is 0 Å². The molecule has 4 rings (SSSR count). The van der Waals surface area contributed by atoms with E-state index in [2.05, 4.69) is 63.8 Å². The summed E-state index contributed by atoms with van der Waals surface area (Å²) in [6, 6.07) is 0. The monoisotopic (exact) mass is 422 g/mol. The van der Waals surface area contributed by atoms with Gasteiger partial charge >= 0.3 is 17.9 Å². The van der Waals surface area contributed by atoms with Crippen molar-refractivity contribution in [1.82, 2.24) is 9.13 Å². The van der Waals surface area contributed by atoms with Crippen LogP contribution in [0.25, 0.3) is 0 Å². The first-order valence-electron chi connectivity index (χ1n) is 10.5. The smallest absolute Gasteiger partial charge is 0.352 e. The summed E-state index contributed by atoms with van der Waals surface area (Å²) in [5, 5.41) is 0. The molecule has 9 nitrogen and oxygen atoms in total. The van der Waals surface area contributed by atoms with Crippen molar-refractivity contribution in [3.05, 3.63) is 36.4 Å². The number of hydrogen-bond acceptors (Lipinski definition) is 4. The maximum absolute atomic E-state index is 5.45. The third-order valence-electron chi connectivity index (χ3n) is 6.94. The van der Waals surface area contributed by atoms with Crippen LogP contribution in [0.1, 0.15) is 38.7 Å². The predicted molar refractivity (Wildman–Crippen MR) is 107 cm³/mol. The number of aromatic nitrogens is 4. The van der Waals surface area contributed by atoms with E-state index < -0.39 is 0 Å². The SMILES string of the molecule is COC(C[n+]1ccn2c1C[N+]1(C(C)(C)C)Cc3n(cc[n+]3CC(OC)OC)C21)OC. The lowest BCUT2D eigenvalue weighted by atomic mass is 10.0. The number of imidazole rings is 2. The second kappa shape index (κ2) is 7.72. The molecule has 0 unspecified atom stereocenters. The minimum atomic E-state index is -0.259. The van der Waals surface area contributed by atoms with Crippen LogP contribution < -0.4 is 9.13 Å². The van der Waals surface area contributed by atoms with E-state index in [9.17, 15) is 0 Å². The maximum Gasteiger partial charge on any atom is 0.381 e. The largest absolute Gasteiger partial charge is 0.381 e. The Bertz CT molecular complexity index is 830. The van der Waals surface area contributed by atoms with Crippen molar-refractivity contribution in [1.29, 1.82) is 0 Å². The van der Waals surface area contributed by atoms with Crippen molar-refractivity contribution in [2.75, 3.05) is 28.4 Å². The van der Waals surface area contributed by atoms with Crippen LogP contribution in [0.2, 0.25) is 0 Å². The Labute approximate surface area is 178 Å². The fraction of sp³-hybridized carbons (Fsp3) is 0.714. The van der Waals surface area contributed by atoms with Crippen molar-refractivity contribution in [3.8, 4) is 0 Å². The van der Waals surface area contributed by atoms with Crippen molar-refractivity contribution < 1.29 is 32.6 Å². The molecule has 9 heteroatoms. The first-order valence-corrected chi connectivity index (χ1v) is 10.5. The molecule has 30 heavy (non-hydrogen) atoms. The zero-order valence-corrected chi connectivity index (χ0v) is 19.2. The lowest BCUT2D eigenvalue weighted by Crippen LogP contribution is -2.58. The number of fused-ring (bicyclic) bond motifs is 5. The Hall–Kier alpha value is -1.78. The molecule has 0 atom stereocenters. The van der Waals surface area contributed by atoms with Crippen LogP contribution in [0.3, 0.4) is 0 Å². The van der Waals surface area contributed by atoms with Gasteiger partial charge in [0, 0.05) is 28.4 Å². The zero-order chi connectivity index (χ0) is 21.7. The highest BCUT2D eigenvalue weighted by Crippen LogP contribution is 2.48. The summed E-state index contributed by atoms with van der Waals surface area (Å²) in [5.74, 6) is 2.60. The van der Waals surface area contributed by atoms with Crippen LogP contribution >= 0.6 is 0 Å². The minimum absolute atomic E-state index is 0.0577. The number of quaternary nitrogens is 1. The van der Waals surface area contributed by atoms with Crippen molar-refractivity contribution in [2.24, 2.45) is 0 Å². The quantitative estimate of drug-likeness (QED) is 0.358. The summed E-state index contributed by atoms with van der Waals surface area (Å²) < 4.78 is 32.1. The van der Waals surface area contributed by atoms with E-state index in [1.54, 1.807) is 28.4 Å². The highest BCUT2D eigenvalue weighted by molar-refractivity contribution is 5.01. The van der Waals surface area contributed by atoms with Crippen LogP contribution in [0.15, 0.2) is 24.8 Å². The minimum Gasteiger partial charge on any atom is -0.352 e. The average molecular weight is 423 g/mol. The molecule has 2 aromatic heterocycles. The first kappa shape index (κ1) is 21.5. The highest BCUT2D eigenvalue weighted by atomic mass is 16.7. The molecule has 0 aromatic carbocycles. The van der Waals surface area contributed by atoms with E-state index in [-0.39, 0.29) is 24.4 Å². The van der Waals surface area contributed by atoms with Gasteiger partial charge in [-0.25, -0.2) is 13.6 Å². The second-order valence-corrected chi connectivity index (χ2v) is 9.22. The second-order valence-electron chi connectivity index (χ2n) is 9.22. The summed E-state index contributed by atoms with van der Waals surface area (Å²) >= 11 is 0. The molecule has 0 fully saturated rings. The van der Waals surface area contributed by atoms with Crippen molar-refractivity contribution in [2.45, 2.75) is 71.4 Å². The third-order valence-corrected chi connectivity index (χ3v) is 6.94. The van der Waals surface area contributed by atoms with Gasteiger partial charge in [-0.2, -0.15) is 0 Å². The van der Waals surface area contributed by atoms with E-state index in [4.69, 9.17) is 18.9 Å². The molecule has 4 heterocycles. The molecule has 0 bridgehead atoms. The maximum atomic E-state index is 5.45. The van der Waals surface area contributed by atoms with Crippen LogP contribution in [0.4, 0.5) is 0 Å². The Morgan fingerprint density at radius 3 is 1.60 bits per heavy atom. The number of methoxy groups -OCH3 is 4. The standard InChI is InChI=1S/C21H36N5O4/c1-21(2,3)26-14-16-22(12-18(27-4)28-5)8-10-24(16)20(26)25-11-9-23(17(25)15-26)13-19(29-6)30-7/h8-11,18-20H,12-15H2,1-7H3/q+3. The molecule has 2 aromatic rings. The Morgan fingerprint density at radius 1 is 0.867 bits per heavy atom. The van der Waals surface area contributed by atoms with Crippen LogP contribution in [-0.4, -0.2) is 60.2 Å². The lowest BCUT2D eigenvalue weighted by molar-refractivity contribution is -1.02. The third kappa shape index (κ3) is 3.11. The summed E-state index contributed by atoms with van der Waals surface area (Å²) in [5.41, 5.74) is 0.0577. The molecule has 2 aliphatic heterocycles. The Balaban J connectivity index is 1.74. The molecule has 0 saturated carbocycles. The van der Waals surface area contributed by atoms with E-state index in [0.29, 0.717) is 13.1 Å². The molecule has 0 aliphatic carbocycles. The van der Waals surface area contributed by atoms with Gasteiger partial charge in [0.25, 0.3) is 0 Å². The number of rotatable bonds is 8. The summed E-state index contributed by atoms with van der Waals surface area (Å²) in [6.45, 7) is 10.3. The number of nitrogens with zero attached hydrogens (tertiary/aromatic N) is 5. The molecule has 0 N–H and O–H groups in total. The van der Waals surface area contributed by atoms with E-state index in [1.807, 2.05) is 0 Å². The van der Waals surface area contributed by atoms with Gasteiger partial charge < -0.3 is 18.9 Å². The highest BCUT2D eigenvalue weighted by Gasteiger charge is 2.67. The topological polar surface area (TPSA) is 54.5 Å². The first-order chi connectivity index (χ1) is 14.3. The molecule has 0 radical (unpaired) electrons. The van der Waals surface area contributed by atoms with E-state index in [0.717, 1.165) is 17.6 Å². The summed E-state index contributed by atoms with van der Waals surface area (Å²) in [4.78, 5) is 0. The van der Waals surface area contributed by atoms with Crippen molar-refractivity contribution in [3.63, 3.8) is 0 Å². The molecule has 0 spiro atoms. The normalized spacial score (nSPS) is 22.8. The van der Waals surface area contributed by atoms with Crippen molar-refractivity contribution >= 4 is 0 Å². The van der Waals surface area contributed by atoms with Gasteiger partial charge in [-0.05, 0) is 20.8 Å². The Morgan fingerprint density at radius 2 is 1.27 bits per heavy atom. The molecule has 166 valence electrons. The summed E-state index contributed by atoms with van der Waals surface area (Å²) in [7, 11) is 6.74. The Kier molecular flexibility index (Phi) is 5.52. The molecule has 0 amide bonds. The molecular formula is C21H36N5O4+3. The molecular weight excluding hydrogens is 386 g/mol. The lowest BCUT2D eigenvalue weighted by Gasteiger charge is -2.40. The van der Waals surface area contributed by atoms with Gasteiger partial charge in [0.1, 0.15) is 37.9 Å². The van der Waals surface area contributed by atoms with Crippen LogP contribution in [-0.2, 0) is 45.1 Å². The van der Waals surface area contributed by atoms with E-state index >= 15 is 0 Å². The summed E-state index contributed by atoms with van der Waals surface area (Å²) in [6.07, 6.45) is 8.33. The molecule has 2 aliphatic rings. The van der Waals surface area contributed by atoms with Gasteiger partial charge in [0.05, 0.1) is 5.54 Å². The van der Waals surface area contributed by atoms with E-state index in [1.165, 1.54) is 11.6 Å². The predicted octanol–water partition coefficient (Wildman–Crippen LogP) is 0.749. The number of ether oxygens (including phenoxy) is 4.